The lowest BCUT2D eigenvalue weighted by Crippen LogP contribution is -2.09. The third kappa shape index (κ3) is 4.54. The highest BCUT2D eigenvalue weighted by atomic mass is 16.4. The first-order chi connectivity index (χ1) is 23.9. The standard InChI is InChI=1S/C43H32N4O2/c1-24(2)31-19-29(26-10-6-5-7-11-26)20-32(25(3)4)41(31)47-42-30-13-9-8-12-27(30)14-16-35(42)46-43(47)28-15-17-37-33(18-28)34-21-36-39(22-38(34)48-37)49-40(23-44)45-36/h5-22,24-25H,1-4H3. The highest BCUT2D eigenvalue weighted by Gasteiger charge is 2.25. The Morgan fingerprint density at radius 1 is 0.592 bits per heavy atom. The third-order valence-electron chi connectivity index (χ3n) is 9.62. The molecule has 0 aliphatic heterocycles. The van der Waals surface area contributed by atoms with Crippen LogP contribution >= 0.6 is 0 Å². The fourth-order valence-corrected chi connectivity index (χ4v) is 7.25. The smallest absolute Gasteiger partial charge is 0.301 e. The van der Waals surface area contributed by atoms with E-state index in [1.165, 1.54) is 33.3 Å². The molecule has 9 rings (SSSR count). The number of hydrogen-bond donors (Lipinski definition) is 0. The molecule has 0 fully saturated rings. The molecule has 0 saturated heterocycles. The van der Waals surface area contributed by atoms with Gasteiger partial charge < -0.3 is 8.83 Å². The second-order valence-corrected chi connectivity index (χ2v) is 13.4. The molecule has 0 aliphatic carbocycles. The molecule has 0 radical (unpaired) electrons. The molecule has 0 saturated carbocycles. The molecule has 0 bridgehead atoms. The van der Waals surface area contributed by atoms with Crippen molar-refractivity contribution < 1.29 is 8.83 Å². The SMILES string of the molecule is CC(C)c1cc(-c2ccccc2)cc(C(C)C)c1-n1c(-c2ccc3oc4cc5oc(C#N)nc5cc4c3c2)nc2ccc3ccccc3c21. The van der Waals surface area contributed by atoms with Gasteiger partial charge in [-0.25, -0.2) is 4.98 Å². The van der Waals surface area contributed by atoms with Crippen LogP contribution in [0.2, 0.25) is 0 Å². The van der Waals surface area contributed by atoms with Crippen molar-refractivity contribution in [1.29, 1.82) is 5.26 Å². The van der Waals surface area contributed by atoms with Crippen molar-refractivity contribution in [3.8, 4) is 34.3 Å². The average molecular weight is 637 g/mol. The minimum atomic E-state index is 0.0359. The zero-order valence-electron chi connectivity index (χ0n) is 27.7. The van der Waals surface area contributed by atoms with Crippen molar-refractivity contribution in [2.45, 2.75) is 39.5 Å². The van der Waals surface area contributed by atoms with Crippen LogP contribution in [0, 0.1) is 11.3 Å². The van der Waals surface area contributed by atoms with Crippen molar-refractivity contribution in [2.24, 2.45) is 0 Å². The maximum Gasteiger partial charge on any atom is 0.301 e. The summed E-state index contributed by atoms with van der Waals surface area (Å²) in [6, 6.07) is 40.3. The van der Waals surface area contributed by atoms with Gasteiger partial charge in [0.25, 0.3) is 0 Å². The van der Waals surface area contributed by atoms with E-state index >= 15 is 0 Å². The number of fused-ring (bicyclic) bond motifs is 7. The summed E-state index contributed by atoms with van der Waals surface area (Å²) >= 11 is 0. The van der Waals surface area contributed by atoms with E-state index in [1.807, 2.05) is 24.3 Å². The molecule has 3 aromatic heterocycles. The molecule has 0 unspecified atom stereocenters. The monoisotopic (exact) mass is 636 g/mol. The lowest BCUT2D eigenvalue weighted by atomic mass is 9.88. The van der Waals surface area contributed by atoms with Crippen LogP contribution in [0.25, 0.3) is 83.0 Å². The van der Waals surface area contributed by atoms with Gasteiger partial charge in [-0.2, -0.15) is 10.2 Å². The molecule has 9 aromatic rings. The largest absolute Gasteiger partial charge is 0.456 e. The normalized spacial score (nSPS) is 12.0. The highest BCUT2D eigenvalue weighted by molar-refractivity contribution is 6.11. The number of imidazole rings is 1. The number of furan rings is 1. The summed E-state index contributed by atoms with van der Waals surface area (Å²) in [6.07, 6.45) is 0. The first-order valence-electron chi connectivity index (χ1n) is 16.7. The van der Waals surface area contributed by atoms with E-state index in [0.717, 1.165) is 44.2 Å². The molecule has 3 heterocycles. The molecular formula is C43H32N4O2. The van der Waals surface area contributed by atoms with Gasteiger partial charge in [0, 0.05) is 27.8 Å². The summed E-state index contributed by atoms with van der Waals surface area (Å²) in [5.74, 6) is 1.40. The summed E-state index contributed by atoms with van der Waals surface area (Å²) in [6.45, 7) is 9.11. The fourth-order valence-electron chi connectivity index (χ4n) is 7.25. The molecule has 236 valence electrons. The summed E-state index contributed by atoms with van der Waals surface area (Å²) in [7, 11) is 0. The lowest BCUT2D eigenvalue weighted by Gasteiger charge is -2.24. The quantitative estimate of drug-likeness (QED) is 0.188. The Balaban J connectivity index is 1.38. The molecule has 6 nitrogen and oxygen atoms in total. The van der Waals surface area contributed by atoms with Crippen LogP contribution in [0.5, 0.6) is 0 Å². The zero-order valence-corrected chi connectivity index (χ0v) is 27.7. The maximum absolute atomic E-state index is 9.35. The van der Waals surface area contributed by atoms with Gasteiger partial charge in [-0.3, -0.25) is 4.57 Å². The van der Waals surface area contributed by atoms with Gasteiger partial charge in [0.05, 0.1) is 16.7 Å². The highest BCUT2D eigenvalue weighted by Crippen LogP contribution is 2.43. The molecule has 6 aromatic carbocycles. The summed E-state index contributed by atoms with van der Waals surface area (Å²) in [5, 5.41) is 13.5. The van der Waals surface area contributed by atoms with Crippen LogP contribution in [0.1, 0.15) is 56.5 Å². The Hall–Kier alpha value is -6.19. The summed E-state index contributed by atoms with van der Waals surface area (Å²) < 4.78 is 14.3. The molecule has 0 atom stereocenters. The van der Waals surface area contributed by atoms with Gasteiger partial charge in [-0.05, 0) is 81.9 Å². The van der Waals surface area contributed by atoms with Crippen LogP contribution in [0.15, 0.2) is 118 Å². The van der Waals surface area contributed by atoms with Crippen molar-refractivity contribution in [3.63, 3.8) is 0 Å². The number of hydrogen-bond acceptors (Lipinski definition) is 5. The maximum atomic E-state index is 9.35. The molecule has 0 amide bonds. The average Bonchev–Trinajstić information content (AvgIpc) is 3.82. The minimum absolute atomic E-state index is 0.0359. The number of oxazole rings is 1. The Bertz CT molecular complexity index is 2760. The van der Waals surface area contributed by atoms with E-state index in [4.69, 9.17) is 13.8 Å². The second-order valence-electron chi connectivity index (χ2n) is 13.4. The topological polar surface area (TPSA) is 80.8 Å². The summed E-state index contributed by atoms with van der Waals surface area (Å²) in [5.41, 5.74) is 11.8. The van der Waals surface area contributed by atoms with E-state index < -0.39 is 0 Å². The molecular weight excluding hydrogens is 604 g/mol. The minimum Gasteiger partial charge on any atom is -0.456 e. The van der Waals surface area contributed by atoms with Crippen LogP contribution in [-0.4, -0.2) is 14.5 Å². The Labute approximate surface area is 282 Å². The van der Waals surface area contributed by atoms with Gasteiger partial charge in [0.2, 0.25) is 0 Å². The first kappa shape index (κ1) is 29.0. The van der Waals surface area contributed by atoms with E-state index in [0.29, 0.717) is 16.7 Å². The van der Waals surface area contributed by atoms with Crippen LogP contribution < -0.4 is 0 Å². The van der Waals surface area contributed by atoms with Crippen LogP contribution in [-0.2, 0) is 0 Å². The Morgan fingerprint density at radius 3 is 2.08 bits per heavy atom. The van der Waals surface area contributed by atoms with E-state index in [-0.39, 0.29) is 17.7 Å². The number of nitriles is 1. The van der Waals surface area contributed by atoms with Gasteiger partial charge in [-0.15, -0.1) is 0 Å². The van der Waals surface area contributed by atoms with Gasteiger partial charge in [0.1, 0.15) is 22.5 Å². The number of benzene rings is 6. The first-order valence-corrected chi connectivity index (χ1v) is 16.7. The van der Waals surface area contributed by atoms with Gasteiger partial charge >= 0.3 is 5.89 Å². The zero-order chi connectivity index (χ0) is 33.4. The van der Waals surface area contributed by atoms with Crippen molar-refractivity contribution in [2.75, 3.05) is 0 Å². The summed E-state index contributed by atoms with van der Waals surface area (Å²) in [4.78, 5) is 9.75. The third-order valence-corrected chi connectivity index (χ3v) is 9.62. The van der Waals surface area contributed by atoms with E-state index in [9.17, 15) is 5.26 Å². The Morgan fingerprint density at radius 2 is 1.33 bits per heavy atom. The van der Waals surface area contributed by atoms with Gasteiger partial charge in [0.15, 0.2) is 11.7 Å². The van der Waals surface area contributed by atoms with Crippen LogP contribution in [0.4, 0.5) is 0 Å². The molecule has 0 aliphatic rings. The van der Waals surface area contributed by atoms with Crippen molar-refractivity contribution >= 4 is 54.8 Å². The Kier molecular flexibility index (Phi) is 6.47. The predicted molar refractivity (Wildman–Crippen MR) is 197 cm³/mol. The van der Waals surface area contributed by atoms with Crippen LogP contribution in [0.3, 0.4) is 0 Å². The van der Waals surface area contributed by atoms with Crippen molar-refractivity contribution in [1.82, 2.24) is 14.5 Å². The van der Waals surface area contributed by atoms with E-state index in [2.05, 4.69) is 128 Å². The second kappa shape index (κ2) is 10.9. The molecule has 0 spiro atoms. The number of rotatable bonds is 5. The van der Waals surface area contributed by atoms with Crippen molar-refractivity contribution in [3.05, 3.63) is 126 Å². The molecule has 49 heavy (non-hydrogen) atoms. The number of nitrogens with zero attached hydrogens (tertiary/aromatic N) is 4. The fraction of sp³-hybridized carbons (Fsp3) is 0.140. The van der Waals surface area contributed by atoms with Gasteiger partial charge in [-0.1, -0.05) is 88.4 Å². The van der Waals surface area contributed by atoms with E-state index in [1.54, 1.807) is 0 Å². The predicted octanol–water partition coefficient (Wildman–Crippen LogP) is 11.7. The molecule has 6 heteroatoms. The number of aromatic nitrogens is 3. The lowest BCUT2D eigenvalue weighted by molar-refractivity contribution is 0.583. The molecule has 0 N–H and O–H groups in total.